The summed E-state index contributed by atoms with van der Waals surface area (Å²) < 4.78 is 25.7. The zero-order valence-corrected chi connectivity index (χ0v) is 19.0. The quantitative estimate of drug-likeness (QED) is 0.685. The lowest BCUT2D eigenvalue weighted by Crippen LogP contribution is -2.37. The third-order valence-electron chi connectivity index (χ3n) is 5.25. The minimum Gasteiger partial charge on any atom is -0.326 e. The van der Waals surface area contributed by atoms with Crippen LogP contribution >= 0.6 is 15.9 Å². The molecule has 0 spiro atoms. The van der Waals surface area contributed by atoms with Crippen molar-refractivity contribution in [3.8, 4) is 0 Å². The first-order valence-corrected chi connectivity index (χ1v) is 12.2. The Morgan fingerprint density at radius 1 is 1.17 bits per heavy atom. The van der Waals surface area contributed by atoms with Gasteiger partial charge in [-0.3, -0.25) is 14.0 Å². The highest BCUT2D eigenvalue weighted by Crippen LogP contribution is 2.24. The van der Waals surface area contributed by atoms with E-state index >= 15 is 0 Å². The van der Waals surface area contributed by atoms with Crippen molar-refractivity contribution in [3.05, 3.63) is 58.6 Å². The summed E-state index contributed by atoms with van der Waals surface area (Å²) >= 11 is 3.45. The maximum absolute atomic E-state index is 12.7. The fraction of sp³-hybridized carbons (Fsp3) is 0.381. The molecule has 6 nitrogen and oxygen atoms in total. The molecule has 0 saturated carbocycles. The molecule has 2 aromatic carbocycles. The molecule has 1 aliphatic rings. The largest absolute Gasteiger partial charge is 0.326 e. The summed E-state index contributed by atoms with van der Waals surface area (Å²) in [6.07, 6.45) is 2.77. The number of carbonyl (C=O) groups excluding carboxylic acids is 1. The molecule has 1 aliphatic heterocycles. The molecule has 8 heteroatoms. The van der Waals surface area contributed by atoms with Gasteiger partial charge >= 0.3 is 0 Å². The fourth-order valence-corrected chi connectivity index (χ4v) is 4.18. The molecule has 29 heavy (non-hydrogen) atoms. The highest BCUT2D eigenvalue weighted by molar-refractivity contribution is 9.10. The second-order valence-corrected chi connectivity index (χ2v) is 10.4. The van der Waals surface area contributed by atoms with E-state index in [0.29, 0.717) is 11.4 Å². The SMILES string of the molecule is CN(c1cccc(NC(=O)C2CCN(Cc3ccc(Br)cc3)CC2)c1)S(C)(=O)=O. The molecule has 0 aliphatic carbocycles. The van der Waals surface area contributed by atoms with E-state index in [0.717, 1.165) is 43.2 Å². The lowest BCUT2D eigenvalue weighted by atomic mass is 9.95. The van der Waals surface area contributed by atoms with Gasteiger partial charge in [0.15, 0.2) is 0 Å². The average molecular weight is 480 g/mol. The van der Waals surface area contributed by atoms with E-state index in [-0.39, 0.29) is 11.8 Å². The molecular weight excluding hydrogens is 454 g/mol. The van der Waals surface area contributed by atoms with Gasteiger partial charge in [0, 0.05) is 29.7 Å². The summed E-state index contributed by atoms with van der Waals surface area (Å²) in [5.74, 6) is -0.0417. The third-order valence-corrected chi connectivity index (χ3v) is 6.99. The van der Waals surface area contributed by atoms with Gasteiger partial charge in [-0.15, -0.1) is 0 Å². The number of hydrogen-bond donors (Lipinski definition) is 1. The van der Waals surface area contributed by atoms with E-state index < -0.39 is 10.0 Å². The van der Waals surface area contributed by atoms with Crippen molar-refractivity contribution in [1.29, 1.82) is 0 Å². The molecule has 0 radical (unpaired) electrons. The second-order valence-electron chi connectivity index (χ2n) is 7.45. The predicted octanol–water partition coefficient (Wildman–Crippen LogP) is 3.70. The maximum atomic E-state index is 12.7. The van der Waals surface area contributed by atoms with E-state index in [4.69, 9.17) is 0 Å². The lowest BCUT2D eigenvalue weighted by molar-refractivity contribution is -0.121. The number of nitrogens with one attached hydrogen (secondary N) is 1. The number of sulfonamides is 1. The highest BCUT2D eigenvalue weighted by Gasteiger charge is 2.25. The number of benzene rings is 2. The third kappa shape index (κ3) is 6.04. The van der Waals surface area contributed by atoms with E-state index in [9.17, 15) is 13.2 Å². The zero-order valence-electron chi connectivity index (χ0n) is 16.6. The van der Waals surface area contributed by atoms with Crippen molar-refractivity contribution in [2.75, 3.05) is 36.0 Å². The molecule has 1 fully saturated rings. The van der Waals surface area contributed by atoms with Gasteiger partial charge in [-0.05, 0) is 61.8 Å². The van der Waals surface area contributed by atoms with Crippen LogP contribution in [0.2, 0.25) is 0 Å². The van der Waals surface area contributed by atoms with Crippen molar-refractivity contribution in [3.63, 3.8) is 0 Å². The van der Waals surface area contributed by atoms with Crippen molar-refractivity contribution in [1.82, 2.24) is 4.90 Å². The van der Waals surface area contributed by atoms with Crippen LogP contribution in [0.4, 0.5) is 11.4 Å². The standard InChI is InChI=1S/C21H26BrN3O3S/c1-24(29(2,27)28)20-5-3-4-19(14-20)23-21(26)17-10-12-25(13-11-17)15-16-6-8-18(22)9-7-16/h3-9,14,17H,10-13,15H2,1-2H3,(H,23,26). The molecule has 1 heterocycles. The summed E-state index contributed by atoms with van der Waals surface area (Å²) in [7, 11) is -1.85. The van der Waals surface area contributed by atoms with Crippen LogP contribution in [0, 0.1) is 5.92 Å². The Bertz CT molecular complexity index is 955. The summed E-state index contributed by atoms with van der Waals surface area (Å²) in [5.41, 5.74) is 2.40. The molecule has 3 rings (SSSR count). The average Bonchev–Trinajstić information content (AvgIpc) is 2.69. The molecule has 1 N–H and O–H groups in total. The van der Waals surface area contributed by atoms with Gasteiger partial charge in [0.05, 0.1) is 11.9 Å². The topological polar surface area (TPSA) is 69.7 Å². The molecule has 2 aromatic rings. The van der Waals surface area contributed by atoms with Crippen LogP contribution in [0.3, 0.4) is 0 Å². The van der Waals surface area contributed by atoms with E-state index in [1.54, 1.807) is 24.3 Å². The number of likely N-dealkylation sites (tertiary alicyclic amines) is 1. The minimum absolute atomic E-state index is 0.00699. The van der Waals surface area contributed by atoms with Crippen LogP contribution in [-0.4, -0.2) is 45.6 Å². The number of hydrogen-bond acceptors (Lipinski definition) is 4. The number of anilines is 2. The number of carbonyl (C=O) groups is 1. The number of rotatable bonds is 6. The zero-order chi connectivity index (χ0) is 21.0. The number of nitrogens with zero attached hydrogens (tertiary/aromatic N) is 2. The Morgan fingerprint density at radius 2 is 1.83 bits per heavy atom. The molecule has 0 unspecified atom stereocenters. The van der Waals surface area contributed by atoms with Gasteiger partial charge in [-0.1, -0.05) is 34.1 Å². The number of amides is 1. The Morgan fingerprint density at radius 3 is 2.45 bits per heavy atom. The molecule has 1 amide bonds. The minimum atomic E-state index is -3.34. The molecule has 156 valence electrons. The molecule has 0 bridgehead atoms. The molecule has 0 aromatic heterocycles. The van der Waals surface area contributed by atoms with Gasteiger partial charge in [-0.2, -0.15) is 0 Å². The fourth-order valence-electron chi connectivity index (χ4n) is 3.42. The van der Waals surface area contributed by atoms with E-state index in [1.165, 1.54) is 16.9 Å². The molecule has 0 atom stereocenters. The first-order valence-electron chi connectivity index (χ1n) is 9.54. The number of halogens is 1. The summed E-state index contributed by atoms with van der Waals surface area (Å²) in [6.45, 7) is 2.65. The maximum Gasteiger partial charge on any atom is 0.231 e. The van der Waals surface area contributed by atoms with Gasteiger partial charge in [0.2, 0.25) is 15.9 Å². The summed E-state index contributed by atoms with van der Waals surface area (Å²) in [5, 5.41) is 2.94. The van der Waals surface area contributed by atoms with Crippen LogP contribution in [0.15, 0.2) is 53.0 Å². The van der Waals surface area contributed by atoms with E-state index in [1.807, 2.05) is 12.1 Å². The van der Waals surface area contributed by atoms with Crippen LogP contribution in [0.25, 0.3) is 0 Å². The van der Waals surface area contributed by atoms with Gasteiger partial charge in [-0.25, -0.2) is 8.42 Å². The van der Waals surface area contributed by atoms with Crippen LogP contribution in [-0.2, 0) is 21.4 Å². The Labute approximate surface area is 181 Å². The first-order chi connectivity index (χ1) is 13.7. The van der Waals surface area contributed by atoms with Crippen LogP contribution in [0.1, 0.15) is 18.4 Å². The van der Waals surface area contributed by atoms with Crippen molar-refractivity contribution >= 4 is 43.2 Å². The van der Waals surface area contributed by atoms with Gasteiger partial charge in [0.25, 0.3) is 0 Å². The summed E-state index contributed by atoms with van der Waals surface area (Å²) in [4.78, 5) is 15.1. The van der Waals surface area contributed by atoms with Crippen molar-refractivity contribution in [2.45, 2.75) is 19.4 Å². The number of piperidine rings is 1. The second kappa shape index (κ2) is 9.28. The van der Waals surface area contributed by atoms with Crippen LogP contribution < -0.4 is 9.62 Å². The molecule has 1 saturated heterocycles. The van der Waals surface area contributed by atoms with Crippen LogP contribution in [0.5, 0.6) is 0 Å². The molecular formula is C21H26BrN3O3S. The Hall–Kier alpha value is -1.90. The smallest absolute Gasteiger partial charge is 0.231 e. The van der Waals surface area contributed by atoms with Crippen molar-refractivity contribution in [2.24, 2.45) is 5.92 Å². The summed E-state index contributed by atoms with van der Waals surface area (Å²) in [6, 6.07) is 15.2. The van der Waals surface area contributed by atoms with Gasteiger partial charge in [0.1, 0.15) is 0 Å². The Balaban J connectivity index is 1.54. The van der Waals surface area contributed by atoms with Gasteiger partial charge < -0.3 is 5.32 Å². The highest BCUT2D eigenvalue weighted by atomic mass is 79.9. The normalized spacial score (nSPS) is 15.8. The van der Waals surface area contributed by atoms with E-state index in [2.05, 4.69) is 38.3 Å². The first kappa shape index (κ1) is 21.8. The predicted molar refractivity (Wildman–Crippen MR) is 120 cm³/mol. The van der Waals surface area contributed by atoms with Crippen molar-refractivity contribution < 1.29 is 13.2 Å². The Kier molecular flexibility index (Phi) is 6.97. The monoisotopic (exact) mass is 479 g/mol. The lowest BCUT2D eigenvalue weighted by Gasteiger charge is -2.31.